The fourth-order valence-electron chi connectivity index (χ4n) is 6.49. The first kappa shape index (κ1) is 41.4. The molecule has 2 aliphatic heterocycles. The van der Waals surface area contributed by atoms with Gasteiger partial charge in [-0.3, -0.25) is 4.57 Å². The Labute approximate surface area is 331 Å². The largest absolute Gasteiger partial charge is 0.467 e. The third-order valence-electron chi connectivity index (χ3n) is 10.7. The number of esters is 1. The molecule has 1 aromatic heterocycles. The van der Waals surface area contributed by atoms with E-state index in [1.807, 2.05) is 47.0 Å². The number of imidazole rings is 1. The molecule has 3 aromatic carbocycles. The molecule has 298 valence electrons. The van der Waals surface area contributed by atoms with Gasteiger partial charge in [0.25, 0.3) is 6.01 Å². The van der Waals surface area contributed by atoms with Crippen LogP contribution in [0.4, 0.5) is 0 Å². The van der Waals surface area contributed by atoms with E-state index in [9.17, 15) is 4.79 Å². The lowest BCUT2D eigenvalue weighted by Gasteiger charge is -2.39. The highest BCUT2D eigenvalue weighted by molar-refractivity contribution is 6.76. The summed E-state index contributed by atoms with van der Waals surface area (Å²) in [6, 6.07) is 18.6. The zero-order valence-electron chi connectivity index (χ0n) is 33.7. The molecule has 2 saturated heterocycles. The summed E-state index contributed by atoms with van der Waals surface area (Å²) in [6.07, 6.45) is -0.981. The van der Waals surface area contributed by atoms with Gasteiger partial charge in [-0.2, -0.15) is 4.98 Å². The molecular formula is C41H55ClN2O9Si2. The van der Waals surface area contributed by atoms with Gasteiger partial charge in [0.15, 0.2) is 21.2 Å². The van der Waals surface area contributed by atoms with Crippen LogP contribution in [0.1, 0.15) is 31.1 Å². The number of benzene rings is 3. The number of carbonyl (C=O) groups excluding carboxylic acids is 1. The van der Waals surface area contributed by atoms with E-state index in [0.717, 1.165) is 39.3 Å². The standard InChI is InChI=1S/C41H55ClN2O9Si2/c1-41(2,3)55(9,10)53-36-23-50-37-35(22-49-38(36)37)52-40-43-32-20-30(31(42)21-33(32)44(40)24-48-17-18-54(6,7)8)27-13-11-26(12-14-27)29-16-15-28(39(45)47-5)19-34(29)51-25-46-4/h11-16,19-21,35-38H,17-18,22-25H2,1-10H3/t35-,36-,37-,38-/m1/s1. The van der Waals surface area contributed by atoms with Crippen molar-refractivity contribution in [3.63, 3.8) is 0 Å². The Kier molecular flexibility index (Phi) is 12.5. The molecule has 0 amide bonds. The first-order valence-corrected chi connectivity index (χ1v) is 25.8. The van der Waals surface area contributed by atoms with E-state index >= 15 is 0 Å². The van der Waals surface area contributed by atoms with Gasteiger partial charge in [-0.1, -0.05) is 76.3 Å². The van der Waals surface area contributed by atoms with Crippen LogP contribution in [0.3, 0.4) is 0 Å². The molecule has 0 unspecified atom stereocenters. The summed E-state index contributed by atoms with van der Waals surface area (Å²) in [5, 5.41) is 0.639. The second-order valence-electron chi connectivity index (χ2n) is 17.0. The van der Waals surface area contributed by atoms with Crippen molar-refractivity contribution in [2.24, 2.45) is 0 Å². The fourth-order valence-corrected chi connectivity index (χ4v) is 8.83. The maximum atomic E-state index is 12.2. The molecule has 11 nitrogen and oxygen atoms in total. The molecule has 0 radical (unpaired) electrons. The van der Waals surface area contributed by atoms with E-state index in [2.05, 4.69) is 53.5 Å². The van der Waals surface area contributed by atoms with Crippen molar-refractivity contribution in [1.29, 1.82) is 0 Å². The number of rotatable bonds is 15. The third-order valence-corrected chi connectivity index (χ3v) is 17.3. The van der Waals surface area contributed by atoms with Crippen LogP contribution in [-0.4, -0.2) is 97.2 Å². The van der Waals surface area contributed by atoms with Gasteiger partial charge in [-0.15, -0.1) is 0 Å². The van der Waals surface area contributed by atoms with Crippen molar-refractivity contribution in [2.75, 3.05) is 40.8 Å². The highest BCUT2D eigenvalue weighted by Crippen LogP contribution is 2.42. The lowest BCUT2D eigenvalue weighted by atomic mass is 9.98. The summed E-state index contributed by atoms with van der Waals surface area (Å²) in [5.41, 5.74) is 5.33. The number of nitrogens with zero attached hydrogens (tertiary/aromatic N) is 2. The number of halogens is 1. The van der Waals surface area contributed by atoms with E-state index in [4.69, 9.17) is 54.2 Å². The topological polar surface area (TPSA) is 109 Å². The molecule has 0 N–H and O–H groups in total. The second kappa shape index (κ2) is 16.7. The van der Waals surface area contributed by atoms with E-state index in [0.29, 0.717) is 42.2 Å². The third kappa shape index (κ3) is 9.31. The summed E-state index contributed by atoms with van der Waals surface area (Å²) >= 11 is 7.04. The average Bonchev–Trinajstić information content (AvgIpc) is 3.82. The summed E-state index contributed by atoms with van der Waals surface area (Å²) in [4.78, 5) is 17.2. The van der Waals surface area contributed by atoms with Crippen LogP contribution >= 0.6 is 11.6 Å². The van der Waals surface area contributed by atoms with Crippen molar-refractivity contribution >= 4 is 45.0 Å². The number of carbonyl (C=O) groups is 1. The summed E-state index contributed by atoms with van der Waals surface area (Å²) in [6.45, 7) is 20.0. The Morgan fingerprint density at radius 3 is 2.20 bits per heavy atom. The van der Waals surface area contributed by atoms with Gasteiger partial charge < -0.3 is 37.6 Å². The smallest absolute Gasteiger partial charge is 0.337 e. The highest BCUT2D eigenvalue weighted by Gasteiger charge is 2.52. The Balaban J connectivity index is 1.27. The van der Waals surface area contributed by atoms with E-state index in [1.54, 1.807) is 19.2 Å². The Hall–Kier alpha value is -3.28. The normalized spacial score (nSPS) is 20.2. The molecule has 6 rings (SSSR count). The highest BCUT2D eigenvalue weighted by atomic mass is 35.5. The maximum absolute atomic E-state index is 12.2. The summed E-state index contributed by atoms with van der Waals surface area (Å²) in [7, 11) is -0.442. The minimum Gasteiger partial charge on any atom is -0.467 e. The van der Waals surface area contributed by atoms with Crippen LogP contribution in [0.25, 0.3) is 33.3 Å². The molecule has 14 heteroatoms. The molecule has 0 aliphatic carbocycles. The lowest BCUT2D eigenvalue weighted by molar-refractivity contribution is 0.00692. The summed E-state index contributed by atoms with van der Waals surface area (Å²) < 4.78 is 50.0. The summed E-state index contributed by atoms with van der Waals surface area (Å²) in [5.74, 6) is 0.0546. The SMILES string of the molecule is COCOc1cc(C(=O)OC)ccc1-c1ccc(-c2cc3nc(O[C@@H]4CO[C@H]5[C@@H]4OC[C@H]5O[Si](C)(C)C(C)(C)C)n(COCC[Si](C)(C)C)c3cc2Cl)cc1. The first-order chi connectivity index (χ1) is 26.0. The fraction of sp³-hybridized carbons (Fsp3) is 0.512. The number of methoxy groups -OCH3 is 2. The number of ether oxygens (including phenoxy) is 7. The first-order valence-electron chi connectivity index (χ1n) is 18.8. The van der Waals surface area contributed by atoms with Gasteiger partial charge in [0.1, 0.15) is 24.7 Å². The quantitative estimate of drug-likeness (QED) is 0.0500. The number of fused-ring (bicyclic) bond motifs is 2. The van der Waals surface area contributed by atoms with Crippen molar-refractivity contribution in [3.8, 4) is 34.0 Å². The van der Waals surface area contributed by atoms with Crippen LogP contribution in [0.15, 0.2) is 54.6 Å². The Bertz CT molecular complexity index is 1970. The van der Waals surface area contributed by atoms with Gasteiger partial charge in [0, 0.05) is 32.9 Å². The number of aromatic nitrogens is 2. The van der Waals surface area contributed by atoms with Crippen molar-refractivity contribution in [1.82, 2.24) is 9.55 Å². The molecule has 0 bridgehead atoms. The van der Waals surface area contributed by atoms with Crippen molar-refractivity contribution in [2.45, 2.75) is 95.7 Å². The Morgan fingerprint density at radius 2 is 1.56 bits per heavy atom. The minimum absolute atomic E-state index is 0.0290. The molecule has 0 spiro atoms. The van der Waals surface area contributed by atoms with Crippen LogP contribution in [0.2, 0.25) is 48.8 Å². The predicted molar refractivity (Wildman–Crippen MR) is 220 cm³/mol. The van der Waals surface area contributed by atoms with Gasteiger partial charge in [-0.25, -0.2) is 4.79 Å². The zero-order chi connectivity index (χ0) is 39.7. The predicted octanol–water partition coefficient (Wildman–Crippen LogP) is 9.04. The van der Waals surface area contributed by atoms with Gasteiger partial charge >= 0.3 is 5.97 Å². The van der Waals surface area contributed by atoms with Crippen LogP contribution < -0.4 is 9.47 Å². The molecular weight excluding hydrogens is 756 g/mol. The molecule has 2 fully saturated rings. The molecule has 55 heavy (non-hydrogen) atoms. The zero-order valence-corrected chi connectivity index (χ0v) is 36.5. The van der Waals surface area contributed by atoms with Crippen molar-refractivity contribution in [3.05, 3.63) is 65.2 Å². The number of hydrogen-bond donors (Lipinski definition) is 0. The van der Waals surface area contributed by atoms with Gasteiger partial charge in [-0.05, 0) is 65.6 Å². The molecule has 3 heterocycles. The van der Waals surface area contributed by atoms with Crippen LogP contribution in [0.5, 0.6) is 11.8 Å². The second-order valence-corrected chi connectivity index (χ2v) is 27.8. The monoisotopic (exact) mass is 810 g/mol. The van der Waals surface area contributed by atoms with Crippen LogP contribution in [-0.2, 0) is 34.8 Å². The van der Waals surface area contributed by atoms with Gasteiger partial charge in [0.2, 0.25) is 0 Å². The lowest BCUT2D eigenvalue weighted by Crippen LogP contribution is -2.47. The van der Waals surface area contributed by atoms with E-state index in [1.165, 1.54) is 7.11 Å². The Morgan fingerprint density at radius 1 is 0.909 bits per heavy atom. The molecule has 4 atom stereocenters. The molecule has 0 saturated carbocycles. The van der Waals surface area contributed by atoms with Crippen molar-refractivity contribution < 1.29 is 42.4 Å². The minimum atomic E-state index is -2.03. The average molecular weight is 812 g/mol. The van der Waals surface area contributed by atoms with E-state index < -0.39 is 22.4 Å². The molecule has 4 aromatic rings. The maximum Gasteiger partial charge on any atom is 0.337 e. The molecule has 2 aliphatic rings. The van der Waals surface area contributed by atoms with E-state index in [-0.39, 0.29) is 43.0 Å². The van der Waals surface area contributed by atoms with Crippen LogP contribution in [0, 0.1) is 0 Å². The number of hydrogen-bond acceptors (Lipinski definition) is 10. The van der Waals surface area contributed by atoms with Gasteiger partial charge in [0.05, 0.1) is 48.0 Å².